The Labute approximate surface area is 180 Å². The number of aliphatic hydroxyl groups is 1. The number of hydrogen-bond acceptors (Lipinski definition) is 3. The monoisotopic (exact) mass is 460 g/mol. The minimum atomic E-state index is -3.98. The number of nitrogens with one attached hydrogen (secondary N) is 1. The van der Waals surface area contributed by atoms with E-state index in [9.17, 15) is 27.9 Å². The summed E-state index contributed by atoms with van der Waals surface area (Å²) in [5, 5.41) is 11.5. The molecule has 30 heavy (non-hydrogen) atoms. The molecule has 1 heterocycles. The third-order valence-corrected chi connectivity index (χ3v) is 5.33. The predicted molar refractivity (Wildman–Crippen MR) is 107 cm³/mol. The minimum Gasteiger partial charge on any atom is -0.393 e. The fourth-order valence-corrected chi connectivity index (χ4v) is 3.47. The van der Waals surface area contributed by atoms with E-state index in [1.807, 2.05) is 0 Å². The van der Waals surface area contributed by atoms with Crippen molar-refractivity contribution < 1.29 is 27.9 Å². The molecule has 0 bridgehead atoms. The van der Waals surface area contributed by atoms with Crippen LogP contribution in [0.4, 0.5) is 18.9 Å². The number of alkyl halides is 2. The van der Waals surface area contributed by atoms with Gasteiger partial charge < -0.3 is 15.3 Å². The standard InChI is InChI=1S/C20H17Cl2F3N2O3/c21-12-2-4-17(16(23)10-12)26-18(29)11-1-3-15(22)14(9-11)20(24,25)19(30)27-7-5-13(28)6-8-27/h1-4,9-10,13,28H,5-8H2,(H,26,29). The van der Waals surface area contributed by atoms with Gasteiger partial charge in [-0.05, 0) is 49.2 Å². The van der Waals surface area contributed by atoms with Crippen molar-refractivity contribution in [2.24, 2.45) is 0 Å². The zero-order valence-electron chi connectivity index (χ0n) is 15.5. The van der Waals surface area contributed by atoms with Crippen LogP contribution < -0.4 is 5.32 Å². The van der Waals surface area contributed by atoms with Crippen LogP contribution in [0.2, 0.25) is 10.0 Å². The van der Waals surface area contributed by atoms with E-state index >= 15 is 0 Å². The molecule has 0 saturated carbocycles. The molecule has 0 spiro atoms. The molecule has 0 atom stereocenters. The molecule has 2 aromatic rings. The van der Waals surface area contributed by atoms with Crippen LogP contribution in [0.5, 0.6) is 0 Å². The lowest BCUT2D eigenvalue weighted by molar-refractivity contribution is -0.161. The second kappa shape index (κ2) is 8.83. The first-order valence-electron chi connectivity index (χ1n) is 9.01. The van der Waals surface area contributed by atoms with Gasteiger partial charge in [-0.1, -0.05) is 23.2 Å². The molecule has 0 radical (unpaired) electrons. The van der Waals surface area contributed by atoms with Gasteiger partial charge in [-0.2, -0.15) is 8.78 Å². The zero-order valence-corrected chi connectivity index (χ0v) is 17.0. The highest BCUT2D eigenvalue weighted by Gasteiger charge is 2.46. The maximum Gasteiger partial charge on any atom is 0.351 e. The Bertz CT molecular complexity index is 980. The summed E-state index contributed by atoms with van der Waals surface area (Å²) in [7, 11) is 0. The molecular weight excluding hydrogens is 444 g/mol. The van der Waals surface area contributed by atoms with E-state index in [2.05, 4.69) is 5.32 Å². The molecule has 0 aliphatic carbocycles. The number of amides is 2. The van der Waals surface area contributed by atoms with Gasteiger partial charge in [0.25, 0.3) is 11.8 Å². The number of halogens is 5. The van der Waals surface area contributed by atoms with Crippen LogP contribution in [0.25, 0.3) is 0 Å². The van der Waals surface area contributed by atoms with Crippen molar-refractivity contribution >= 4 is 40.7 Å². The van der Waals surface area contributed by atoms with Crippen molar-refractivity contribution in [2.75, 3.05) is 18.4 Å². The van der Waals surface area contributed by atoms with Crippen molar-refractivity contribution in [3.63, 3.8) is 0 Å². The van der Waals surface area contributed by atoms with E-state index in [0.717, 1.165) is 23.1 Å². The molecule has 1 aliphatic rings. The van der Waals surface area contributed by atoms with Crippen LogP contribution in [0.15, 0.2) is 36.4 Å². The molecule has 2 N–H and O–H groups in total. The van der Waals surface area contributed by atoms with Crippen molar-refractivity contribution in [2.45, 2.75) is 24.9 Å². The average molecular weight is 461 g/mol. The quantitative estimate of drug-likeness (QED) is 0.707. The lowest BCUT2D eigenvalue weighted by Gasteiger charge is -2.32. The van der Waals surface area contributed by atoms with Gasteiger partial charge in [-0.25, -0.2) is 4.39 Å². The molecule has 1 saturated heterocycles. The van der Waals surface area contributed by atoms with Crippen LogP contribution >= 0.6 is 23.2 Å². The highest BCUT2D eigenvalue weighted by molar-refractivity contribution is 6.32. The van der Waals surface area contributed by atoms with Gasteiger partial charge in [0.1, 0.15) is 5.82 Å². The van der Waals surface area contributed by atoms with Crippen molar-refractivity contribution in [1.29, 1.82) is 0 Å². The van der Waals surface area contributed by atoms with Gasteiger partial charge in [-0.15, -0.1) is 0 Å². The van der Waals surface area contributed by atoms with Crippen molar-refractivity contribution in [3.05, 3.63) is 63.4 Å². The fourth-order valence-electron chi connectivity index (χ4n) is 3.08. The Hall–Kier alpha value is -2.29. The molecule has 3 rings (SSSR count). The third-order valence-electron chi connectivity index (χ3n) is 4.77. The SMILES string of the molecule is O=C(Nc1ccc(Cl)cc1F)c1ccc(Cl)c(C(F)(F)C(=O)N2CCC(O)CC2)c1. The summed E-state index contributed by atoms with van der Waals surface area (Å²) in [5.74, 6) is -7.10. The number of benzene rings is 2. The van der Waals surface area contributed by atoms with Crippen molar-refractivity contribution in [3.8, 4) is 0 Å². The minimum absolute atomic E-state index is 0.0107. The maximum atomic E-state index is 14.9. The predicted octanol–water partition coefficient (Wildman–Crippen LogP) is 4.46. The Kier molecular flexibility index (Phi) is 6.59. The van der Waals surface area contributed by atoms with Gasteiger partial charge in [0, 0.05) is 23.7 Å². The van der Waals surface area contributed by atoms with Crippen molar-refractivity contribution in [1.82, 2.24) is 4.90 Å². The van der Waals surface area contributed by atoms with E-state index in [-0.39, 0.29) is 47.2 Å². The second-order valence-corrected chi connectivity index (χ2v) is 7.71. The molecule has 2 aromatic carbocycles. The molecule has 160 valence electrons. The van der Waals surface area contributed by atoms with Crippen LogP contribution in [0, 0.1) is 5.82 Å². The highest BCUT2D eigenvalue weighted by Crippen LogP contribution is 2.36. The van der Waals surface area contributed by atoms with E-state index < -0.39 is 35.2 Å². The topological polar surface area (TPSA) is 69.6 Å². The smallest absolute Gasteiger partial charge is 0.351 e. The van der Waals surface area contributed by atoms with Gasteiger partial charge in [0.15, 0.2) is 0 Å². The van der Waals surface area contributed by atoms with Crippen LogP contribution in [-0.2, 0) is 10.7 Å². The number of likely N-dealkylation sites (tertiary alicyclic amines) is 1. The number of carbonyl (C=O) groups is 2. The third kappa shape index (κ3) is 4.71. The Morgan fingerprint density at radius 3 is 2.40 bits per heavy atom. The Morgan fingerprint density at radius 2 is 1.77 bits per heavy atom. The molecule has 1 aliphatic heterocycles. The summed E-state index contributed by atoms with van der Waals surface area (Å²) in [6.07, 6.45) is -0.235. The first-order valence-corrected chi connectivity index (χ1v) is 9.77. The molecule has 1 fully saturated rings. The fraction of sp³-hybridized carbons (Fsp3) is 0.300. The number of anilines is 1. The first-order chi connectivity index (χ1) is 14.1. The summed E-state index contributed by atoms with van der Waals surface area (Å²) in [5.41, 5.74) is -1.24. The molecule has 2 amide bonds. The van der Waals surface area contributed by atoms with Gasteiger partial charge >= 0.3 is 5.92 Å². The number of nitrogens with zero attached hydrogens (tertiary/aromatic N) is 1. The number of carbonyl (C=O) groups excluding carboxylic acids is 2. The molecular formula is C20H17Cl2F3N2O3. The van der Waals surface area contributed by atoms with E-state index in [4.69, 9.17) is 23.2 Å². The second-order valence-electron chi connectivity index (χ2n) is 6.87. The first kappa shape index (κ1) is 22.4. The summed E-state index contributed by atoms with van der Waals surface area (Å²) >= 11 is 11.6. The van der Waals surface area contributed by atoms with Gasteiger partial charge in [0.05, 0.1) is 22.4 Å². The maximum absolute atomic E-state index is 14.9. The molecule has 0 unspecified atom stereocenters. The number of rotatable bonds is 4. The largest absolute Gasteiger partial charge is 0.393 e. The number of piperidine rings is 1. The zero-order chi connectivity index (χ0) is 22.1. The van der Waals surface area contributed by atoms with E-state index in [1.165, 1.54) is 18.2 Å². The summed E-state index contributed by atoms with van der Waals surface area (Å²) in [4.78, 5) is 25.8. The van der Waals surface area contributed by atoms with Gasteiger partial charge in [0.2, 0.25) is 0 Å². The summed E-state index contributed by atoms with van der Waals surface area (Å²) < 4.78 is 43.7. The summed E-state index contributed by atoms with van der Waals surface area (Å²) in [6.45, 7) is -0.0214. The van der Waals surface area contributed by atoms with Crippen LogP contribution in [0.3, 0.4) is 0 Å². The number of aliphatic hydroxyl groups excluding tert-OH is 1. The lowest BCUT2D eigenvalue weighted by atomic mass is 10.0. The van der Waals surface area contributed by atoms with E-state index in [0.29, 0.717) is 0 Å². The average Bonchev–Trinajstić information content (AvgIpc) is 2.70. The van der Waals surface area contributed by atoms with Gasteiger partial charge in [-0.3, -0.25) is 9.59 Å². The summed E-state index contributed by atoms with van der Waals surface area (Å²) in [6, 6.07) is 6.65. The Balaban J connectivity index is 1.84. The molecule has 5 nitrogen and oxygen atoms in total. The normalized spacial score (nSPS) is 15.2. The van der Waals surface area contributed by atoms with Crippen LogP contribution in [0.1, 0.15) is 28.8 Å². The highest BCUT2D eigenvalue weighted by atomic mass is 35.5. The molecule has 0 aromatic heterocycles. The molecule has 10 heteroatoms. The lowest BCUT2D eigenvalue weighted by Crippen LogP contribution is -2.47. The van der Waals surface area contributed by atoms with E-state index in [1.54, 1.807) is 0 Å². The number of hydrogen-bond donors (Lipinski definition) is 2. The Morgan fingerprint density at radius 1 is 1.10 bits per heavy atom. The van der Waals surface area contributed by atoms with Crippen LogP contribution in [-0.4, -0.2) is 41.0 Å².